The Bertz CT molecular complexity index is 702. The number of fused-ring (bicyclic) bond motifs is 1. The predicted molar refractivity (Wildman–Crippen MR) is 86.7 cm³/mol. The Kier molecular flexibility index (Phi) is 3.97. The summed E-state index contributed by atoms with van der Waals surface area (Å²) >= 11 is 0. The minimum absolute atomic E-state index is 0.0570. The summed E-state index contributed by atoms with van der Waals surface area (Å²) in [5.74, 6) is 0.805. The number of hydrogen-bond acceptors (Lipinski definition) is 6. The van der Waals surface area contributed by atoms with Crippen LogP contribution in [0.15, 0.2) is 12.5 Å². The number of carbonyl (C=O) groups excluding carboxylic acids is 1. The highest BCUT2D eigenvalue weighted by atomic mass is 16.5. The third-order valence-corrected chi connectivity index (χ3v) is 4.67. The molecule has 0 radical (unpaired) electrons. The van der Waals surface area contributed by atoms with Crippen LogP contribution < -0.4 is 10.6 Å². The van der Waals surface area contributed by atoms with E-state index in [1.165, 1.54) is 6.33 Å². The van der Waals surface area contributed by atoms with E-state index in [4.69, 9.17) is 4.74 Å². The molecule has 7 nitrogen and oxygen atoms in total. The first-order valence-electron chi connectivity index (χ1n) is 8.24. The van der Waals surface area contributed by atoms with Gasteiger partial charge in [0.05, 0.1) is 12.0 Å². The smallest absolute Gasteiger partial charge is 0.170 e. The molecule has 2 aliphatic heterocycles. The van der Waals surface area contributed by atoms with Crippen LogP contribution in [-0.2, 0) is 4.74 Å². The summed E-state index contributed by atoms with van der Waals surface area (Å²) in [6.07, 6.45) is 6.32. The predicted octanol–water partition coefficient (Wildman–Crippen LogP) is 1.34. The van der Waals surface area contributed by atoms with E-state index in [1.54, 1.807) is 6.20 Å². The van der Waals surface area contributed by atoms with Gasteiger partial charge in [-0.05, 0) is 25.8 Å². The van der Waals surface area contributed by atoms with E-state index in [2.05, 4.69) is 25.6 Å². The Morgan fingerprint density at radius 1 is 1.35 bits per heavy atom. The van der Waals surface area contributed by atoms with Crippen LogP contribution in [0.3, 0.4) is 0 Å². The summed E-state index contributed by atoms with van der Waals surface area (Å²) in [6.45, 7) is 3.14. The van der Waals surface area contributed by atoms with E-state index in [1.807, 2.05) is 0 Å². The standard InChI is InChI=1S/C16H21N5O2/c22-14(10-3-5-23-8-10)12-7-18-15-13(12)16(20-9-19-15)21-11-2-1-4-17-6-11/h7,9-11,17H,1-6,8H2,(H2,18,19,20,21). The number of rotatable bonds is 4. The molecule has 3 N–H and O–H groups in total. The molecule has 0 aromatic carbocycles. The molecule has 2 saturated heterocycles. The monoisotopic (exact) mass is 315 g/mol. The largest absolute Gasteiger partial charge is 0.381 e. The van der Waals surface area contributed by atoms with E-state index in [0.717, 1.165) is 43.6 Å². The van der Waals surface area contributed by atoms with Crippen LogP contribution in [0, 0.1) is 5.92 Å². The SMILES string of the molecule is O=C(c1c[nH]c2ncnc(NC3CCCNC3)c12)C1CCOC1. The van der Waals surface area contributed by atoms with Crippen molar-refractivity contribution >= 4 is 22.6 Å². The van der Waals surface area contributed by atoms with Crippen LogP contribution in [0.2, 0.25) is 0 Å². The van der Waals surface area contributed by atoms with Crippen LogP contribution in [0.1, 0.15) is 29.6 Å². The fourth-order valence-electron chi connectivity index (χ4n) is 3.40. The maximum atomic E-state index is 12.8. The molecule has 0 bridgehead atoms. The number of hydrogen-bond donors (Lipinski definition) is 3. The highest BCUT2D eigenvalue weighted by Crippen LogP contribution is 2.28. The van der Waals surface area contributed by atoms with Gasteiger partial charge in [0.25, 0.3) is 0 Å². The van der Waals surface area contributed by atoms with Crippen molar-refractivity contribution in [1.82, 2.24) is 20.3 Å². The number of Topliss-reactive ketones (excluding diaryl/α,β-unsaturated/α-hetero) is 1. The number of carbonyl (C=O) groups is 1. The fraction of sp³-hybridized carbons (Fsp3) is 0.562. The van der Waals surface area contributed by atoms with Gasteiger partial charge in [-0.1, -0.05) is 0 Å². The average molecular weight is 315 g/mol. The lowest BCUT2D eigenvalue weighted by molar-refractivity contribution is 0.0902. The van der Waals surface area contributed by atoms with Gasteiger partial charge in [0.2, 0.25) is 0 Å². The maximum Gasteiger partial charge on any atom is 0.170 e. The van der Waals surface area contributed by atoms with Crippen molar-refractivity contribution in [2.45, 2.75) is 25.3 Å². The van der Waals surface area contributed by atoms with Gasteiger partial charge in [0, 0.05) is 36.9 Å². The molecule has 0 spiro atoms. The summed E-state index contributed by atoms with van der Waals surface area (Å²) < 4.78 is 5.35. The van der Waals surface area contributed by atoms with Crippen molar-refractivity contribution in [2.75, 3.05) is 31.6 Å². The van der Waals surface area contributed by atoms with Crippen molar-refractivity contribution in [3.05, 3.63) is 18.1 Å². The summed E-state index contributed by atoms with van der Waals surface area (Å²) in [4.78, 5) is 24.5. The second-order valence-electron chi connectivity index (χ2n) is 6.26. The molecule has 122 valence electrons. The first kappa shape index (κ1) is 14.6. The van der Waals surface area contributed by atoms with Crippen molar-refractivity contribution in [3.8, 4) is 0 Å². The van der Waals surface area contributed by atoms with Gasteiger partial charge in [-0.3, -0.25) is 4.79 Å². The van der Waals surface area contributed by atoms with Gasteiger partial charge in [-0.2, -0.15) is 0 Å². The average Bonchev–Trinajstić information content (AvgIpc) is 3.26. The molecule has 4 heterocycles. The van der Waals surface area contributed by atoms with E-state index in [9.17, 15) is 4.79 Å². The topological polar surface area (TPSA) is 91.9 Å². The zero-order valence-corrected chi connectivity index (χ0v) is 13.0. The number of aromatic nitrogens is 3. The van der Waals surface area contributed by atoms with E-state index in [0.29, 0.717) is 30.5 Å². The lowest BCUT2D eigenvalue weighted by Gasteiger charge is -2.24. The summed E-state index contributed by atoms with van der Waals surface area (Å²) in [5.41, 5.74) is 1.37. The highest BCUT2D eigenvalue weighted by Gasteiger charge is 2.28. The quantitative estimate of drug-likeness (QED) is 0.738. The molecule has 23 heavy (non-hydrogen) atoms. The number of ether oxygens (including phenoxy) is 1. The molecule has 2 aromatic heterocycles. The fourth-order valence-corrected chi connectivity index (χ4v) is 3.40. The molecule has 2 atom stereocenters. The summed E-state index contributed by atoms with van der Waals surface area (Å²) in [6, 6.07) is 0.328. The normalized spacial score (nSPS) is 24.9. The lowest BCUT2D eigenvalue weighted by Crippen LogP contribution is -2.38. The number of ketones is 1. The highest BCUT2D eigenvalue weighted by molar-refractivity contribution is 6.11. The van der Waals surface area contributed by atoms with Crippen LogP contribution in [0.4, 0.5) is 5.82 Å². The Morgan fingerprint density at radius 3 is 3.09 bits per heavy atom. The molecule has 2 fully saturated rings. The molecular formula is C16H21N5O2. The third kappa shape index (κ3) is 2.82. The molecule has 2 aliphatic rings. The van der Waals surface area contributed by atoms with Crippen LogP contribution >= 0.6 is 0 Å². The zero-order valence-electron chi connectivity index (χ0n) is 13.0. The van der Waals surface area contributed by atoms with Gasteiger partial charge in [-0.25, -0.2) is 9.97 Å². The van der Waals surface area contributed by atoms with Crippen molar-refractivity contribution in [1.29, 1.82) is 0 Å². The molecule has 4 rings (SSSR count). The molecule has 0 aliphatic carbocycles. The van der Waals surface area contributed by atoms with Gasteiger partial charge < -0.3 is 20.4 Å². The molecule has 7 heteroatoms. The summed E-state index contributed by atoms with van der Waals surface area (Å²) in [7, 11) is 0. The Balaban J connectivity index is 1.67. The van der Waals surface area contributed by atoms with E-state index >= 15 is 0 Å². The molecular weight excluding hydrogens is 294 g/mol. The van der Waals surface area contributed by atoms with Crippen LogP contribution in [0.25, 0.3) is 11.0 Å². The molecule has 0 saturated carbocycles. The minimum Gasteiger partial charge on any atom is -0.381 e. The van der Waals surface area contributed by atoms with Gasteiger partial charge in [-0.15, -0.1) is 0 Å². The van der Waals surface area contributed by atoms with Crippen molar-refractivity contribution in [2.24, 2.45) is 5.92 Å². The second kappa shape index (κ2) is 6.25. The first-order valence-corrected chi connectivity index (χ1v) is 8.24. The van der Waals surface area contributed by atoms with Gasteiger partial charge in [0.15, 0.2) is 5.78 Å². The Labute approximate surface area is 134 Å². The van der Waals surface area contributed by atoms with Crippen LogP contribution in [-0.4, -0.2) is 53.1 Å². The number of piperidine rings is 1. The first-order chi connectivity index (χ1) is 11.3. The Hall–Kier alpha value is -1.99. The van der Waals surface area contributed by atoms with Crippen molar-refractivity contribution in [3.63, 3.8) is 0 Å². The third-order valence-electron chi connectivity index (χ3n) is 4.67. The summed E-state index contributed by atoms with van der Waals surface area (Å²) in [5, 5.41) is 7.66. The number of aromatic amines is 1. The molecule has 2 aromatic rings. The number of nitrogens with zero attached hydrogens (tertiary/aromatic N) is 2. The molecule has 2 unspecified atom stereocenters. The molecule has 0 amide bonds. The Morgan fingerprint density at radius 2 is 2.30 bits per heavy atom. The van der Waals surface area contributed by atoms with Crippen LogP contribution in [0.5, 0.6) is 0 Å². The minimum atomic E-state index is -0.0570. The number of H-pyrrole nitrogens is 1. The lowest BCUT2D eigenvalue weighted by atomic mass is 9.97. The van der Waals surface area contributed by atoms with E-state index in [-0.39, 0.29) is 11.7 Å². The van der Waals surface area contributed by atoms with Gasteiger partial charge in [0.1, 0.15) is 17.8 Å². The number of nitrogens with one attached hydrogen (secondary N) is 3. The maximum absolute atomic E-state index is 12.8. The van der Waals surface area contributed by atoms with Gasteiger partial charge >= 0.3 is 0 Å². The van der Waals surface area contributed by atoms with E-state index < -0.39 is 0 Å². The van der Waals surface area contributed by atoms with Crippen molar-refractivity contribution < 1.29 is 9.53 Å². The zero-order chi connectivity index (χ0) is 15.6. The second-order valence-corrected chi connectivity index (χ2v) is 6.26. The number of anilines is 1.